The van der Waals surface area contributed by atoms with Gasteiger partial charge in [0, 0.05) is 36.6 Å². The maximum Gasteiger partial charge on any atom is 0.0772 e. The van der Waals surface area contributed by atoms with E-state index in [-0.39, 0.29) is 0 Å². The second-order valence-corrected chi connectivity index (χ2v) is 5.21. The molecule has 1 N–H and O–H groups in total. The van der Waals surface area contributed by atoms with Gasteiger partial charge in [-0.15, -0.1) is 0 Å². The zero-order chi connectivity index (χ0) is 11.8. The lowest BCUT2D eigenvalue weighted by Crippen LogP contribution is -2.34. The van der Waals surface area contributed by atoms with Crippen molar-refractivity contribution in [2.45, 2.75) is 32.7 Å². The Hall–Kier alpha value is -1.22. The predicted octanol–water partition coefficient (Wildman–Crippen LogP) is 2.19. The van der Waals surface area contributed by atoms with Crippen molar-refractivity contribution in [3.8, 4) is 0 Å². The van der Waals surface area contributed by atoms with E-state index in [1.165, 1.54) is 16.8 Å². The van der Waals surface area contributed by atoms with Gasteiger partial charge in [0.05, 0.1) is 6.04 Å². The first-order valence-electron chi connectivity index (χ1n) is 6.44. The van der Waals surface area contributed by atoms with E-state index in [9.17, 15) is 0 Å². The summed E-state index contributed by atoms with van der Waals surface area (Å²) >= 11 is 0. The van der Waals surface area contributed by atoms with Crippen LogP contribution in [-0.4, -0.2) is 23.8 Å². The minimum atomic E-state index is 0.350. The van der Waals surface area contributed by atoms with Crippen LogP contribution in [0.5, 0.6) is 0 Å². The molecule has 1 fully saturated rings. The van der Waals surface area contributed by atoms with Gasteiger partial charge >= 0.3 is 0 Å². The third-order valence-electron chi connectivity index (χ3n) is 3.90. The van der Waals surface area contributed by atoms with Crippen LogP contribution in [0.1, 0.15) is 35.7 Å². The molecule has 2 atom stereocenters. The second kappa shape index (κ2) is 4.22. The van der Waals surface area contributed by atoms with Crippen molar-refractivity contribution in [3.63, 3.8) is 0 Å². The van der Waals surface area contributed by atoms with Crippen LogP contribution in [-0.2, 0) is 0 Å². The predicted molar refractivity (Wildman–Crippen MR) is 69.5 cm³/mol. The molecule has 3 nitrogen and oxygen atoms in total. The Kier molecular flexibility index (Phi) is 2.71. The highest BCUT2D eigenvalue weighted by atomic mass is 14.9. The molecule has 1 aromatic heterocycles. The summed E-state index contributed by atoms with van der Waals surface area (Å²) in [6, 6.07) is 2.51. The Morgan fingerprint density at radius 3 is 3.00 bits per heavy atom. The highest BCUT2D eigenvalue weighted by Crippen LogP contribution is 2.35. The van der Waals surface area contributed by atoms with Gasteiger partial charge in [0.1, 0.15) is 0 Å². The number of nitrogens with one attached hydrogen (secondary N) is 1. The van der Waals surface area contributed by atoms with Crippen molar-refractivity contribution in [3.05, 3.63) is 29.1 Å². The summed E-state index contributed by atoms with van der Waals surface area (Å²) in [5.74, 6) is 0.662. The average Bonchev–Trinajstić information content (AvgIpc) is 2.72. The van der Waals surface area contributed by atoms with E-state index >= 15 is 0 Å². The molecule has 1 aromatic rings. The molecule has 0 bridgehead atoms. The van der Waals surface area contributed by atoms with Gasteiger partial charge in [-0.2, -0.15) is 0 Å². The molecular formula is C14H19N3. The van der Waals surface area contributed by atoms with E-state index < -0.39 is 0 Å². The van der Waals surface area contributed by atoms with Crippen molar-refractivity contribution in [1.82, 2.24) is 10.3 Å². The number of aryl methyl sites for hydroxylation is 2. The molecule has 2 unspecified atom stereocenters. The number of pyridine rings is 1. The number of rotatable bonds is 1. The van der Waals surface area contributed by atoms with Crippen LogP contribution < -0.4 is 5.32 Å². The Morgan fingerprint density at radius 1 is 1.35 bits per heavy atom. The summed E-state index contributed by atoms with van der Waals surface area (Å²) in [6.07, 6.45) is 4.30. The lowest BCUT2D eigenvalue weighted by atomic mass is 9.92. The Balaban J connectivity index is 1.88. The van der Waals surface area contributed by atoms with E-state index in [1.807, 2.05) is 13.1 Å². The van der Waals surface area contributed by atoms with Gasteiger partial charge in [0.15, 0.2) is 0 Å². The van der Waals surface area contributed by atoms with Crippen LogP contribution >= 0.6 is 0 Å². The Labute approximate surface area is 102 Å². The smallest absolute Gasteiger partial charge is 0.0772 e. The van der Waals surface area contributed by atoms with Crippen molar-refractivity contribution in [2.75, 3.05) is 13.1 Å². The summed E-state index contributed by atoms with van der Waals surface area (Å²) in [5.41, 5.74) is 5.17. The van der Waals surface area contributed by atoms with E-state index in [4.69, 9.17) is 4.99 Å². The highest BCUT2D eigenvalue weighted by Gasteiger charge is 2.31. The quantitative estimate of drug-likeness (QED) is 0.801. The first-order valence-corrected chi connectivity index (χ1v) is 6.44. The van der Waals surface area contributed by atoms with Crippen LogP contribution in [0.25, 0.3) is 0 Å². The van der Waals surface area contributed by atoms with Crippen LogP contribution in [0.3, 0.4) is 0 Å². The molecule has 0 spiro atoms. The maximum atomic E-state index is 4.91. The largest absolute Gasteiger partial charge is 0.316 e. The van der Waals surface area contributed by atoms with Gasteiger partial charge in [-0.1, -0.05) is 0 Å². The van der Waals surface area contributed by atoms with E-state index in [2.05, 4.69) is 23.3 Å². The number of nitrogens with zero attached hydrogens (tertiary/aromatic N) is 2. The molecule has 1 saturated heterocycles. The number of aliphatic imine (C=N–C) groups is 1. The van der Waals surface area contributed by atoms with E-state index in [1.54, 1.807) is 0 Å². The highest BCUT2D eigenvalue weighted by molar-refractivity contribution is 5.89. The zero-order valence-electron chi connectivity index (χ0n) is 10.5. The molecule has 0 aliphatic carbocycles. The maximum absolute atomic E-state index is 4.91. The topological polar surface area (TPSA) is 37.3 Å². The van der Waals surface area contributed by atoms with Crippen LogP contribution in [0.15, 0.2) is 17.3 Å². The molecule has 2 aliphatic rings. The fourth-order valence-corrected chi connectivity index (χ4v) is 2.98. The minimum Gasteiger partial charge on any atom is -0.316 e. The Bertz CT molecular complexity index is 465. The van der Waals surface area contributed by atoms with Gasteiger partial charge in [0.2, 0.25) is 0 Å². The summed E-state index contributed by atoms with van der Waals surface area (Å²) in [5, 5.41) is 3.46. The van der Waals surface area contributed by atoms with Crippen molar-refractivity contribution in [1.29, 1.82) is 0 Å². The third-order valence-corrected chi connectivity index (χ3v) is 3.90. The summed E-state index contributed by atoms with van der Waals surface area (Å²) in [7, 11) is 0. The standard InChI is InChI=1S/C14H19N3/c1-9-5-10(2)16-8-12(9)14-6-11-7-15-4-3-13(11)17-14/h5,8,11,14-15H,3-4,6-7H2,1-2H3. The molecule has 2 aliphatic heterocycles. The first-order chi connectivity index (χ1) is 8.24. The molecule has 90 valence electrons. The minimum absolute atomic E-state index is 0.350. The number of hydrogen-bond acceptors (Lipinski definition) is 3. The van der Waals surface area contributed by atoms with E-state index in [0.717, 1.165) is 31.6 Å². The zero-order valence-corrected chi connectivity index (χ0v) is 10.5. The van der Waals surface area contributed by atoms with Crippen LogP contribution in [0.2, 0.25) is 0 Å². The number of hydrogen-bond donors (Lipinski definition) is 1. The summed E-state index contributed by atoms with van der Waals surface area (Å²) in [4.78, 5) is 9.32. The summed E-state index contributed by atoms with van der Waals surface area (Å²) in [6.45, 7) is 6.41. The van der Waals surface area contributed by atoms with Crippen LogP contribution in [0, 0.1) is 19.8 Å². The molecule has 17 heavy (non-hydrogen) atoms. The van der Waals surface area contributed by atoms with Gasteiger partial charge in [-0.3, -0.25) is 9.98 Å². The fraction of sp³-hybridized carbons (Fsp3) is 0.571. The average molecular weight is 229 g/mol. The molecule has 0 radical (unpaired) electrons. The molecule has 3 rings (SSSR count). The number of fused-ring (bicyclic) bond motifs is 1. The lowest BCUT2D eigenvalue weighted by molar-refractivity contribution is 0.515. The second-order valence-electron chi connectivity index (χ2n) is 5.21. The van der Waals surface area contributed by atoms with Gasteiger partial charge in [0.25, 0.3) is 0 Å². The molecule has 3 heterocycles. The first kappa shape index (κ1) is 10.9. The normalized spacial score (nSPS) is 27.8. The van der Waals surface area contributed by atoms with Crippen molar-refractivity contribution in [2.24, 2.45) is 10.9 Å². The fourth-order valence-electron chi connectivity index (χ4n) is 2.98. The Morgan fingerprint density at radius 2 is 2.24 bits per heavy atom. The van der Waals surface area contributed by atoms with Gasteiger partial charge in [-0.05, 0) is 43.9 Å². The third kappa shape index (κ3) is 2.00. The number of aromatic nitrogens is 1. The van der Waals surface area contributed by atoms with Gasteiger partial charge in [-0.25, -0.2) is 0 Å². The van der Waals surface area contributed by atoms with E-state index in [0.29, 0.717) is 12.0 Å². The molecule has 3 heteroatoms. The lowest BCUT2D eigenvalue weighted by Gasteiger charge is -2.19. The molecule has 0 amide bonds. The molecule has 0 saturated carbocycles. The van der Waals surface area contributed by atoms with Crippen molar-refractivity contribution >= 4 is 5.71 Å². The van der Waals surface area contributed by atoms with Gasteiger partial charge < -0.3 is 5.32 Å². The SMILES string of the molecule is Cc1cc(C)c(C2CC3CNCCC3=N2)cn1. The molecule has 0 aromatic carbocycles. The number of piperidine rings is 1. The monoisotopic (exact) mass is 229 g/mol. The molecular weight excluding hydrogens is 210 g/mol. The van der Waals surface area contributed by atoms with Crippen molar-refractivity contribution < 1.29 is 0 Å². The summed E-state index contributed by atoms with van der Waals surface area (Å²) < 4.78 is 0. The van der Waals surface area contributed by atoms with Crippen LogP contribution in [0.4, 0.5) is 0 Å².